The minimum absolute atomic E-state index is 0.0807. The second kappa shape index (κ2) is 12.9. The van der Waals surface area contributed by atoms with Gasteiger partial charge in [0.1, 0.15) is 17.5 Å². The summed E-state index contributed by atoms with van der Waals surface area (Å²) >= 11 is 0. The van der Waals surface area contributed by atoms with Crippen molar-refractivity contribution in [3.63, 3.8) is 0 Å². The molecule has 2 aromatic carbocycles. The van der Waals surface area contributed by atoms with Crippen molar-refractivity contribution < 1.29 is 24.2 Å². The van der Waals surface area contributed by atoms with Gasteiger partial charge in [-0.3, -0.25) is 4.79 Å². The van der Waals surface area contributed by atoms with Gasteiger partial charge in [-0.1, -0.05) is 24.3 Å². The predicted octanol–water partition coefficient (Wildman–Crippen LogP) is 4.56. The van der Waals surface area contributed by atoms with Crippen LogP contribution < -0.4 is 10.1 Å². The summed E-state index contributed by atoms with van der Waals surface area (Å²) in [5.41, 5.74) is 4.37. The Balaban J connectivity index is 1.45. The van der Waals surface area contributed by atoms with Crippen LogP contribution in [0, 0.1) is 11.3 Å². The molecule has 0 fully saturated rings. The Kier molecular flexibility index (Phi) is 9.15. The number of fused-ring (bicyclic) bond motifs is 1. The highest BCUT2D eigenvalue weighted by molar-refractivity contribution is 5.95. The van der Waals surface area contributed by atoms with Crippen LogP contribution in [0.5, 0.6) is 5.75 Å². The number of nitrogens with one attached hydrogen (secondary N) is 1. The van der Waals surface area contributed by atoms with E-state index >= 15 is 0 Å². The maximum atomic E-state index is 13.0. The van der Waals surface area contributed by atoms with Crippen molar-refractivity contribution in [2.45, 2.75) is 45.8 Å². The molecule has 0 aliphatic carbocycles. The summed E-state index contributed by atoms with van der Waals surface area (Å²) in [5, 5.41) is 22.1. The van der Waals surface area contributed by atoms with Crippen LogP contribution in [0.2, 0.25) is 0 Å². The summed E-state index contributed by atoms with van der Waals surface area (Å²) in [6, 6.07) is 17.8. The van der Waals surface area contributed by atoms with Gasteiger partial charge in [-0.15, -0.1) is 0 Å². The van der Waals surface area contributed by atoms with E-state index in [1.165, 1.54) is 6.07 Å². The third-order valence-electron chi connectivity index (χ3n) is 6.24. The van der Waals surface area contributed by atoms with Gasteiger partial charge in [0.05, 0.1) is 29.5 Å². The quantitative estimate of drug-likeness (QED) is 0.267. The van der Waals surface area contributed by atoms with E-state index in [9.17, 15) is 20.0 Å². The number of imidazole rings is 1. The average Bonchev–Trinajstić information content (AvgIpc) is 3.37. The van der Waals surface area contributed by atoms with E-state index in [1.807, 2.05) is 48.7 Å². The summed E-state index contributed by atoms with van der Waals surface area (Å²) in [5.74, 6) is -0.272. The summed E-state index contributed by atoms with van der Waals surface area (Å²) in [6.45, 7) is 5.73. The molecule has 2 aromatic heterocycles. The number of ether oxygens (including phenoxy) is 2. The maximum absolute atomic E-state index is 13.0. The molecule has 0 bridgehead atoms. The Bertz CT molecular complexity index is 1540. The van der Waals surface area contributed by atoms with Gasteiger partial charge in [0.15, 0.2) is 0 Å². The topological polar surface area (TPSA) is 126 Å². The molecule has 0 aliphatic heterocycles. The number of benzene rings is 2. The lowest BCUT2D eigenvalue weighted by atomic mass is 10.0. The molecule has 9 heteroatoms. The zero-order valence-corrected chi connectivity index (χ0v) is 22.8. The Morgan fingerprint density at radius 1 is 1.10 bits per heavy atom. The first-order chi connectivity index (χ1) is 19.3. The predicted molar refractivity (Wildman–Crippen MR) is 150 cm³/mol. The first-order valence-electron chi connectivity index (χ1n) is 13.2. The zero-order valence-electron chi connectivity index (χ0n) is 22.8. The molecule has 9 nitrogen and oxygen atoms in total. The van der Waals surface area contributed by atoms with Crippen LogP contribution in [0.15, 0.2) is 67.0 Å². The number of aliphatic hydroxyl groups is 1. The maximum Gasteiger partial charge on any atom is 0.338 e. The number of aliphatic hydroxyl groups excluding tert-OH is 1. The molecule has 1 atom stereocenters. The Morgan fingerprint density at radius 3 is 2.55 bits per heavy atom. The summed E-state index contributed by atoms with van der Waals surface area (Å²) in [6.07, 6.45) is 4.46. The monoisotopic (exact) mass is 540 g/mol. The number of pyridine rings is 1. The zero-order chi connectivity index (χ0) is 28.6. The second-order valence-corrected chi connectivity index (χ2v) is 9.60. The molecule has 2 N–H and O–H groups in total. The third-order valence-corrected chi connectivity index (χ3v) is 6.24. The van der Waals surface area contributed by atoms with Crippen LogP contribution in [-0.4, -0.2) is 51.7 Å². The Morgan fingerprint density at radius 2 is 1.88 bits per heavy atom. The van der Waals surface area contributed by atoms with E-state index in [1.54, 1.807) is 37.4 Å². The standard InChI is InChI=1S/C31H32N4O5/c1-4-39-31(38)24-11-13-35-19-27(34-29(35)17-24)22-7-5-21(6-8-22)15-26(12-14-36)33-30(37)23-9-10-28(40-20(2)3)25(16-23)18-32/h5-11,13,16-17,19-20,26,36H,4,12,14-15H2,1-3H3,(H,33,37). The summed E-state index contributed by atoms with van der Waals surface area (Å²) < 4.78 is 12.6. The minimum atomic E-state index is -0.383. The molecular weight excluding hydrogens is 508 g/mol. The smallest absolute Gasteiger partial charge is 0.338 e. The number of amides is 1. The molecule has 4 aromatic rings. The van der Waals surface area contributed by atoms with Crippen molar-refractivity contribution in [1.29, 1.82) is 5.26 Å². The number of hydrogen-bond acceptors (Lipinski definition) is 7. The van der Waals surface area contributed by atoms with Crippen LogP contribution >= 0.6 is 0 Å². The number of carbonyl (C=O) groups excluding carboxylic acids is 2. The van der Waals surface area contributed by atoms with Gasteiger partial charge >= 0.3 is 5.97 Å². The van der Waals surface area contributed by atoms with Crippen molar-refractivity contribution in [3.8, 4) is 23.1 Å². The van der Waals surface area contributed by atoms with Crippen LogP contribution in [0.1, 0.15) is 59.0 Å². The van der Waals surface area contributed by atoms with Crippen molar-refractivity contribution in [2.75, 3.05) is 13.2 Å². The number of aromatic nitrogens is 2. The highest BCUT2D eigenvalue weighted by Gasteiger charge is 2.17. The molecule has 1 amide bonds. The van der Waals surface area contributed by atoms with Crippen LogP contribution in [-0.2, 0) is 11.2 Å². The highest BCUT2D eigenvalue weighted by Crippen LogP contribution is 2.23. The molecule has 0 radical (unpaired) electrons. The molecular formula is C31H32N4O5. The minimum Gasteiger partial charge on any atom is -0.490 e. The molecule has 0 saturated carbocycles. The first-order valence-corrected chi connectivity index (χ1v) is 13.2. The molecule has 40 heavy (non-hydrogen) atoms. The molecule has 0 spiro atoms. The van der Waals surface area contributed by atoms with Crippen molar-refractivity contribution >= 4 is 17.5 Å². The number of nitriles is 1. The largest absolute Gasteiger partial charge is 0.490 e. The van der Waals surface area contributed by atoms with E-state index < -0.39 is 0 Å². The van der Waals surface area contributed by atoms with E-state index in [4.69, 9.17) is 9.47 Å². The lowest BCUT2D eigenvalue weighted by Gasteiger charge is -2.19. The van der Waals surface area contributed by atoms with Crippen LogP contribution in [0.25, 0.3) is 16.9 Å². The molecule has 206 valence electrons. The van der Waals surface area contributed by atoms with Gasteiger partial charge < -0.3 is 24.3 Å². The van der Waals surface area contributed by atoms with Gasteiger partial charge in [0.2, 0.25) is 0 Å². The van der Waals surface area contributed by atoms with Gasteiger partial charge in [-0.05, 0) is 69.5 Å². The number of hydrogen-bond donors (Lipinski definition) is 2. The molecule has 0 saturated heterocycles. The van der Waals surface area contributed by atoms with Crippen molar-refractivity contribution in [2.24, 2.45) is 0 Å². The Hall–Kier alpha value is -4.68. The highest BCUT2D eigenvalue weighted by atomic mass is 16.5. The van der Waals surface area contributed by atoms with Crippen LogP contribution in [0.4, 0.5) is 0 Å². The van der Waals surface area contributed by atoms with E-state index in [0.717, 1.165) is 16.8 Å². The lowest BCUT2D eigenvalue weighted by Crippen LogP contribution is -2.37. The van der Waals surface area contributed by atoms with Crippen molar-refractivity contribution in [3.05, 3.63) is 89.2 Å². The molecule has 1 unspecified atom stereocenters. The van der Waals surface area contributed by atoms with E-state index in [0.29, 0.717) is 47.5 Å². The summed E-state index contributed by atoms with van der Waals surface area (Å²) in [7, 11) is 0. The van der Waals surface area contributed by atoms with E-state index in [-0.39, 0.29) is 30.6 Å². The van der Waals surface area contributed by atoms with Gasteiger partial charge in [-0.25, -0.2) is 9.78 Å². The normalized spacial score (nSPS) is 11.7. The number of esters is 1. The fourth-order valence-electron chi connectivity index (χ4n) is 4.32. The molecule has 0 aliphatic rings. The van der Waals surface area contributed by atoms with Gasteiger partial charge in [0, 0.05) is 36.2 Å². The third kappa shape index (κ3) is 6.84. The number of rotatable bonds is 11. The van der Waals surface area contributed by atoms with Gasteiger partial charge in [0.25, 0.3) is 5.91 Å². The van der Waals surface area contributed by atoms with Crippen LogP contribution in [0.3, 0.4) is 0 Å². The SMILES string of the molecule is CCOC(=O)c1ccn2cc(-c3ccc(CC(CCO)NC(=O)c4ccc(OC(C)C)c(C#N)c4)cc3)nc2c1. The average molecular weight is 541 g/mol. The first kappa shape index (κ1) is 28.3. The fourth-order valence-corrected chi connectivity index (χ4v) is 4.32. The molecule has 4 rings (SSSR count). The number of nitrogens with zero attached hydrogens (tertiary/aromatic N) is 3. The fraction of sp³-hybridized carbons (Fsp3) is 0.290. The van der Waals surface area contributed by atoms with Gasteiger partial charge in [-0.2, -0.15) is 5.26 Å². The summed E-state index contributed by atoms with van der Waals surface area (Å²) in [4.78, 5) is 29.7. The lowest BCUT2D eigenvalue weighted by molar-refractivity contribution is 0.0526. The second-order valence-electron chi connectivity index (χ2n) is 9.60. The number of carbonyl (C=O) groups is 2. The molecule has 2 heterocycles. The Labute approximate surface area is 233 Å². The van der Waals surface area contributed by atoms with Crippen molar-refractivity contribution in [1.82, 2.24) is 14.7 Å². The van der Waals surface area contributed by atoms with E-state index in [2.05, 4.69) is 16.4 Å².